The van der Waals surface area contributed by atoms with Gasteiger partial charge in [0.05, 0.1) is 18.8 Å². The van der Waals surface area contributed by atoms with Crippen molar-refractivity contribution in [2.24, 2.45) is 4.99 Å². The number of ether oxygens (including phenoxy) is 1. The van der Waals surface area contributed by atoms with Crippen molar-refractivity contribution in [1.82, 2.24) is 20.2 Å². The monoisotopic (exact) mass is 318 g/mol. The molecule has 7 heteroatoms. The third-order valence-corrected chi connectivity index (χ3v) is 4.11. The second-order valence-electron chi connectivity index (χ2n) is 6.22. The van der Waals surface area contributed by atoms with E-state index in [2.05, 4.69) is 39.2 Å². The van der Waals surface area contributed by atoms with Crippen molar-refractivity contribution >= 4 is 12.0 Å². The van der Waals surface area contributed by atoms with E-state index in [1.54, 1.807) is 0 Å². The van der Waals surface area contributed by atoms with Gasteiger partial charge in [0.25, 0.3) is 0 Å². The fourth-order valence-electron chi connectivity index (χ4n) is 2.89. The zero-order valence-corrected chi connectivity index (χ0v) is 14.1. The highest BCUT2D eigenvalue weighted by Gasteiger charge is 2.22. The van der Waals surface area contributed by atoms with Crippen LogP contribution in [0.25, 0.3) is 0 Å². The Morgan fingerprint density at radius 3 is 2.87 bits per heavy atom. The first-order valence-electron chi connectivity index (χ1n) is 8.35. The summed E-state index contributed by atoms with van der Waals surface area (Å²) in [6, 6.07) is 0.494. The molecule has 3 heterocycles. The van der Waals surface area contributed by atoms with Crippen LogP contribution < -0.4 is 15.0 Å². The molecule has 0 radical (unpaired) electrons. The number of aliphatic imine (C=N–C) groups is 1. The molecular weight excluding hydrogens is 292 g/mol. The minimum absolute atomic E-state index is 0.494. The highest BCUT2D eigenvalue weighted by Crippen LogP contribution is 2.26. The van der Waals surface area contributed by atoms with Crippen LogP contribution in [0.4, 0.5) is 5.82 Å². The Hall–Kier alpha value is -1.73. The van der Waals surface area contributed by atoms with Crippen LogP contribution in [0.2, 0.25) is 0 Å². The van der Waals surface area contributed by atoms with Crippen molar-refractivity contribution in [3.8, 4) is 6.01 Å². The van der Waals surface area contributed by atoms with Crippen LogP contribution in [0, 0.1) is 0 Å². The normalized spacial score (nSPS) is 17.4. The average Bonchev–Trinajstić information content (AvgIpc) is 2.58. The Morgan fingerprint density at radius 1 is 1.26 bits per heavy atom. The van der Waals surface area contributed by atoms with Crippen molar-refractivity contribution in [2.45, 2.75) is 19.4 Å². The quantitative estimate of drug-likeness (QED) is 0.763. The Bertz CT molecular complexity index is 554. The van der Waals surface area contributed by atoms with E-state index in [9.17, 15) is 0 Å². The minimum Gasteiger partial charge on any atom is -0.463 e. The van der Waals surface area contributed by atoms with Crippen molar-refractivity contribution in [3.63, 3.8) is 0 Å². The standard InChI is InChI=1S/C16H26N6O/c1-21(2)8-3-11-23-16-19-14-12-18-5-4-13(14)15(20-16)22-9-6-17-7-10-22/h5,17H,3-4,6-12H2,1-2H3. The number of piperazine rings is 1. The van der Waals surface area contributed by atoms with E-state index in [4.69, 9.17) is 9.72 Å². The summed E-state index contributed by atoms with van der Waals surface area (Å²) in [5.74, 6) is 1.03. The summed E-state index contributed by atoms with van der Waals surface area (Å²) in [5, 5.41) is 3.38. The van der Waals surface area contributed by atoms with Gasteiger partial charge in [0.2, 0.25) is 0 Å². The second-order valence-corrected chi connectivity index (χ2v) is 6.22. The SMILES string of the molecule is CN(C)CCCOc1nc2c(c(N3CCNCC3)n1)CC=NC2. The summed E-state index contributed by atoms with van der Waals surface area (Å²) in [5.41, 5.74) is 2.22. The first kappa shape index (κ1) is 16.1. The molecule has 0 aromatic carbocycles. The summed E-state index contributed by atoms with van der Waals surface area (Å²) >= 11 is 0. The third-order valence-electron chi connectivity index (χ3n) is 4.11. The first-order chi connectivity index (χ1) is 11.2. The van der Waals surface area contributed by atoms with Crippen LogP contribution in [0.5, 0.6) is 6.01 Å². The molecule has 23 heavy (non-hydrogen) atoms. The second kappa shape index (κ2) is 7.70. The highest BCUT2D eigenvalue weighted by molar-refractivity contribution is 5.69. The number of fused-ring (bicyclic) bond motifs is 1. The molecule has 1 aromatic heterocycles. The maximum atomic E-state index is 5.81. The van der Waals surface area contributed by atoms with Gasteiger partial charge in [-0.2, -0.15) is 9.97 Å². The molecule has 1 N–H and O–H groups in total. The van der Waals surface area contributed by atoms with E-state index >= 15 is 0 Å². The van der Waals surface area contributed by atoms with Gasteiger partial charge in [0, 0.05) is 50.9 Å². The van der Waals surface area contributed by atoms with Crippen LogP contribution >= 0.6 is 0 Å². The number of nitrogens with one attached hydrogen (secondary N) is 1. The molecule has 1 aromatic rings. The molecule has 0 aliphatic carbocycles. The van der Waals surface area contributed by atoms with E-state index in [1.165, 1.54) is 5.56 Å². The van der Waals surface area contributed by atoms with Crippen LogP contribution in [0.15, 0.2) is 4.99 Å². The van der Waals surface area contributed by atoms with E-state index in [-0.39, 0.29) is 0 Å². The molecule has 0 saturated carbocycles. The molecule has 3 rings (SSSR count). The van der Waals surface area contributed by atoms with Gasteiger partial charge in [-0.15, -0.1) is 0 Å². The molecule has 0 bridgehead atoms. The lowest BCUT2D eigenvalue weighted by Gasteiger charge is -2.31. The zero-order chi connectivity index (χ0) is 16.1. The third kappa shape index (κ3) is 4.17. The molecular formula is C16H26N6O. The molecule has 0 amide bonds. The summed E-state index contributed by atoms with van der Waals surface area (Å²) in [7, 11) is 4.13. The molecule has 0 atom stereocenters. The van der Waals surface area contributed by atoms with Crippen molar-refractivity contribution in [1.29, 1.82) is 0 Å². The molecule has 7 nitrogen and oxygen atoms in total. The molecule has 126 valence electrons. The van der Waals surface area contributed by atoms with Crippen LogP contribution in [0.3, 0.4) is 0 Å². The number of rotatable bonds is 6. The highest BCUT2D eigenvalue weighted by atomic mass is 16.5. The zero-order valence-electron chi connectivity index (χ0n) is 14.1. The minimum atomic E-state index is 0.494. The predicted molar refractivity (Wildman–Crippen MR) is 91.7 cm³/mol. The van der Waals surface area contributed by atoms with Gasteiger partial charge < -0.3 is 19.9 Å². The fourth-order valence-corrected chi connectivity index (χ4v) is 2.89. The smallest absolute Gasteiger partial charge is 0.318 e. The summed E-state index contributed by atoms with van der Waals surface area (Å²) < 4.78 is 5.81. The number of hydrogen-bond acceptors (Lipinski definition) is 7. The van der Waals surface area contributed by atoms with E-state index in [0.717, 1.165) is 57.1 Å². The predicted octanol–water partition coefficient (Wildman–Crippen LogP) is 0.344. The van der Waals surface area contributed by atoms with Gasteiger partial charge in [0.1, 0.15) is 5.82 Å². The van der Waals surface area contributed by atoms with Crippen molar-refractivity contribution in [3.05, 3.63) is 11.3 Å². The Labute approximate surface area is 137 Å². The number of nitrogens with zero attached hydrogens (tertiary/aromatic N) is 5. The van der Waals surface area contributed by atoms with Gasteiger partial charge in [-0.1, -0.05) is 0 Å². The topological polar surface area (TPSA) is 65.9 Å². The van der Waals surface area contributed by atoms with Crippen molar-refractivity contribution < 1.29 is 4.74 Å². The lowest BCUT2D eigenvalue weighted by molar-refractivity contribution is 0.263. The van der Waals surface area contributed by atoms with Crippen LogP contribution in [-0.2, 0) is 13.0 Å². The lowest BCUT2D eigenvalue weighted by atomic mass is 10.1. The first-order valence-corrected chi connectivity index (χ1v) is 8.35. The molecule has 2 aliphatic rings. The molecule has 0 unspecified atom stereocenters. The summed E-state index contributed by atoms with van der Waals surface area (Å²) in [6.07, 6.45) is 3.75. The van der Waals surface area contributed by atoms with E-state index < -0.39 is 0 Å². The van der Waals surface area contributed by atoms with Crippen molar-refractivity contribution in [2.75, 3.05) is 58.3 Å². The van der Waals surface area contributed by atoms with Gasteiger partial charge >= 0.3 is 6.01 Å². The molecule has 2 aliphatic heterocycles. The number of aromatic nitrogens is 2. The van der Waals surface area contributed by atoms with Gasteiger partial charge in [0.15, 0.2) is 0 Å². The molecule has 0 spiro atoms. The number of anilines is 1. The molecule has 1 fully saturated rings. The largest absolute Gasteiger partial charge is 0.463 e. The van der Waals surface area contributed by atoms with E-state index in [1.807, 2.05) is 6.21 Å². The fraction of sp³-hybridized carbons (Fsp3) is 0.688. The maximum Gasteiger partial charge on any atom is 0.318 e. The maximum absolute atomic E-state index is 5.81. The van der Waals surface area contributed by atoms with Crippen LogP contribution in [0.1, 0.15) is 17.7 Å². The Kier molecular flexibility index (Phi) is 5.40. The number of hydrogen-bond donors (Lipinski definition) is 1. The van der Waals surface area contributed by atoms with E-state index in [0.29, 0.717) is 19.2 Å². The Balaban J connectivity index is 1.75. The molecule has 1 saturated heterocycles. The summed E-state index contributed by atoms with van der Waals surface area (Å²) in [4.78, 5) is 18.1. The van der Waals surface area contributed by atoms with Crippen LogP contribution in [-0.4, -0.2) is 74.5 Å². The van der Waals surface area contributed by atoms with Gasteiger partial charge in [-0.05, 0) is 20.5 Å². The summed E-state index contributed by atoms with van der Waals surface area (Å²) in [6.45, 7) is 6.20. The lowest BCUT2D eigenvalue weighted by Crippen LogP contribution is -2.44. The van der Waals surface area contributed by atoms with Gasteiger partial charge in [-0.3, -0.25) is 4.99 Å². The Morgan fingerprint density at radius 2 is 2.09 bits per heavy atom. The van der Waals surface area contributed by atoms with Gasteiger partial charge in [-0.25, -0.2) is 0 Å². The average molecular weight is 318 g/mol.